The van der Waals surface area contributed by atoms with Gasteiger partial charge in [0.05, 0.1) is 6.04 Å². The van der Waals surface area contributed by atoms with E-state index in [1.165, 1.54) is 18.7 Å². The van der Waals surface area contributed by atoms with Gasteiger partial charge in [-0.1, -0.05) is 0 Å². The molecule has 0 saturated heterocycles. The van der Waals surface area contributed by atoms with E-state index in [2.05, 4.69) is 16.0 Å². The second kappa shape index (κ2) is 16.3. The predicted octanol–water partition coefficient (Wildman–Crippen LogP) is -1.38. The van der Waals surface area contributed by atoms with E-state index >= 15 is 0 Å². The molecular weight excluding hydrogens is 442 g/mol. The zero-order valence-electron chi connectivity index (χ0n) is 18.5. The van der Waals surface area contributed by atoms with Crippen LogP contribution < -0.4 is 27.4 Å². The van der Waals surface area contributed by atoms with Crippen molar-refractivity contribution in [3.8, 4) is 0 Å². The molecule has 9 N–H and O–H groups in total. The molecule has 0 aromatic rings. The summed E-state index contributed by atoms with van der Waals surface area (Å²) in [7, 11) is 0. The van der Waals surface area contributed by atoms with Crippen molar-refractivity contribution in [3.63, 3.8) is 0 Å². The monoisotopic (exact) mass is 477 g/mol. The van der Waals surface area contributed by atoms with E-state index in [0.29, 0.717) is 31.6 Å². The molecule has 12 nitrogen and oxygen atoms in total. The van der Waals surface area contributed by atoms with Crippen LogP contribution in [0.25, 0.3) is 0 Å². The SMILES string of the molecule is CSCCC(N)C(=O)NC(C)C(=O)NC(CCC(=O)O)C(=O)NC(CCCCN)C(=O)O. The fraction of sp³-hybridized carbons (Fsp3) is 0.737. The van der Waals surface area contributed by atoms with Gasteiger partial charge in [-0.25, -0.2) is 4.79 Å². The van der Waals surface area contributed by atoms with Crippen LogP contribution in [0, 0.1) is 0 Å². The zero-order chi connectivity index (χ0) is 24.7. The summed E-state index contributed by atoms with van der Waals surface area (Å²) in [6, 6.07) is -4.33. The summed E-state index contributed by atoms with van der Waals surface area (Å²) in [6.45, 7) is 1.77. The van der Waals surface area contributed by atoms with Gasteiger partial charge in [0.1, 0.15) is 18.1 Å². The third-order valence-electron chi connectivity index (χ3n) is 4.56. The van der Waals surface area contributed by atoms with Gasteiger partial charge < -0.3 is 37.6 Å². The van der Waals surface area contributed by atoms with Crippen molar-refractivity contribution >= 4 is 41.4 Å². The van der Waals surface area contributed by atoms with Crippen LogP contribution in [0.5, 0.6) is 0 Å². The molecule has 0 spiro atoms. The Labute approximate surface area is 191 Å². The Morgan fingerprint density at radius 3 is 2.03 bits per heavy atom. The summed E-state index contributed by atoms with van der Waals surface area (Å²) < 4.78 is 0. The normalized spacial score (nSPS) is 14.5. The molecule has 0 radical (unpaired) electrons. The van der Waals surface area contributed by atoms with Crippen LogP contribution in [0.4, 0.5) is 0 Å². The van der Waals surface area contributed by atoms with Crippen molar-refractivity contribution in [1.82, 2.24) is 16.0 Å². The summed E-state index contributed by atoms with van der Waals surface area (Å²) in [5.41, 5.74) is 11.2. The van der Waals surface area contributed by atoms with Crippen LogP contribution in [-0.4, -0.2) is 82.6 Å². The minimum Gasteiger partial charge on any atom is -0.481 e. The largest absolute Gasteiger partial charge is 0.481 e. The molecule has 0 fully saturated rings. The van der Waals surface area contributed by atoms with E-state index in [0.717, 1.165) is 0 Å². The number of hydrogen-bond acceptors (Lipinski definition) is 8. The maximum atomic E-state index is 12.6. The van der Waals surface area contributed by atoms with Crippen LogP contribution in [0.15, 0.2) is 0 Å². The van der Waals surface area contributed by atoms with Gasteiger partial charge in [-0.2, -0.15) is 11.8 Å². The van der Waals surface area contributed by atoms with Gasteiger partial charge in [-0.3, -0.25) is 19.2 Å². The molecule has 32 heavy (non-hydrogen) atoms. The minimum atomic E-state index is -1.29. The molecule has 0 saturated carbocycles. The number of nitrogens with two attached hydrogens (primary N) is 2. The summed E-state index contributed by atoms with van der Waals surface area (Å²) in [5, 5.41) is 25.4. The average molecular weight is 478 g/mol. The van der Waals surface area contributed by atoms with Crippen LogP contribution in [0.1, 0.15) is 45.4 Å². The van der Waals surface area contributed by atoms with E-state index in [4.69, 9.17) is 16.6 Å². The lowest BCUT2D eigenvalue weighted by Crippen LogP contribution is -2.56. The van der Waals surface area contributed by atoms with E-state index < -0.39 is 60.2 Å². The maximum absolute atomic E-state index is 12.6. The molecule has 0 aliphatic rings. The quantitative estimate of drug-likeness (QED) is 0.122. The molecule has 0 bridgehead atoms. The Bertz CT molecular complexity index is 650. The molecule has 4 atom stereocenters. The first kappa shape index (κ1) is 29.6. The molecule has 0 heterocycles. The molecule has 0 aliphatic heterocycles. The van der Waals surface area contributed by atoms with Gasteiger partial charge >= 0.3 is 11.9 Å². The third-order valence-corrected chi connectivity index (χ3v) is 5.21. The van der Waals surface area contributed by atoms with Crippen LogP contribution >= 0.6 is 11.8 Å². The molecule has 0 aliphatic carbocycles. The predicted molar refractivity (Wildman–Crippen MR) is 120 cm³/mol. The summed E-state index contributed by atoms with van der Waals surface area (Å²) in [6.07, 6.45) is 2.80. The first-order valence-electron chi connectivity index (χ1n) is 10.3. The number of thioether (sulfide) groups is 1. The number of nitrogens with one attached hydrogen (secondary N) is 3. The summed E-state index contributed by atoms with van der Waals surface area (Å²) >= 11 is 1.53. The number of carbonyl (C=O) groups is 5. The second-order valence-corrected chi connectivity index (χ2v) is 8.28. The first-order valence-corrected chi connectivity index (χ1v) is 11.7. The average Bonchev–Trinajstić information content (AvgIpc) is 2.73. The number of carboxylic acids is 2. The highest BCUT2D eigenvalue weighted by molar-refractivity contribution is 7.98. The number of rotatable bonds is 17. The molecule has 0 aromatic heterocycles. The molecular formula is C19H35N5O7S. The molecule has 4 unspecified atom stereocenters. The van der Waals surface area contributed by atoms with E-state index in [9.17, 15) is 29.1 Å². The highest BCUT2D eigenvalue weighted by Crippen LogP contribution is 2.05. The summed E-state index contributed by atoms with van der Waals surface area (Å²) in [4.78, 5) is 59.5. The minimum absolute atomic E-state index is 0.137. The van der Waals surface area contributed by atoms with Gasteiger partial charge in [0, 0.05) is 6.42 Å². The van der Waals surface area contributed by atoms with Crippen LogP contribution in [0.2, 0.25) is 0 Å². The Kier molecular flexibility index (Phi) is 15.1. The number of unbranched alkanes of at least 4 members (excludes halogenated alkanes) is 1. The number of amides is 3. The number of carboxylic acid groups (broad SMARTS) is 2. The molecule has 184 valence electrons. The lowest BCUT2D eigenvalue weighted by atomic mass is 10.1. The van der Waals surface area contributed by atoms with E-state index in [1.807, 2.05) is 6.26 Å². The van der Waals surface area contributed by atoms with Crippen molar-refractivity contribution < 1.29 is 34.2 Å². The molecule has 0 rings (SSSR count). The fourth-order valence-corrected chi connectivity index (χ4v) is 3.11. The standard InChI is InChI=1S/C19H35N5O7S/c1-11(22-17(28)12(21)8-10-32-2)16(27)23-13(6-7-15(25)26)18(29)24-14(19(30)31)5-3-4-9-20/h11-14H,3-10,20-21H2,1-2H3,(H,22,28)(H,23,27)(H,24,29)(H,25,26)(H,30,31). The third kappa shape index (κ3) is 12.5. The zero-order valence-corrected chi connectivity index (χ0v) is 19.3. The van der Waals surface area contributed by atoms with Crippen molar-refractivity contribution in [2.45, 2.75) is 69.6 Å². The van der Waals surface area contributed by atoms with Gasteiger partial charge in [0.15, 0.2) is 0 Å². The van der Waals surface area contributed by atoms with Crippen molar-refractivity contribution in [2.24, 2.45) is 11.5 Å². The Morgan fingerprint density at radius 1 is 0.875 bits per heavy atom. The molecule has 0 aromatic carbocycles. The fourth-order valence-electron chi connectivity index (χ4n) is 2.62. The number of aliphatic carboxylic acids is 2. The van der Waals surface area contributed by atoms with E-state index in [-0.39, 0.29) is 12.8 Å². The van der Waals surface area contributed by atoms with Gasteiger partial charge in [-0.15, -0.1) is 0 Å². The van der Waals surface area contributed by atoms with E-state index in [1.54, 1.807) is 0 Å². The first-order chi connectivity index (χ1) is 15.0. The van der Waals surface area contributed by atoms with Gasteiger partial charge in [0.2, 0.25) is 17.7 Å². The Balaban J connectivity index is 5.09. The number of carbonyl (C=O) groups excluding carboxylic acids is 3. The Morgan fingerprint density at radius 2 is 1.50 bits per heavy atom. The summed E-state index contributed by atoms with van der Waals surface area (Å²) in [5.74, 6) is -3.85. The second-order valence-electron chi connectivity index (χ2n) is 7.30. The van der Waals surface area contributed by atoms with Gasteiger partial charge in [-0.05, 0) is 57.6 Å². The maximum Gasteiger partial charge on any atom is 0.326 e. The topological polar surface area (TPSA) is 214 Å². The molecule has 13 heteroatoms. The van der Waals surface area contributed by atoms with Crippen molar-refractivity contribution in [3.05, 3.63) is 0 Å². The Hall–Kier alpha value is -2.38. The van der Waals surface area contributed by atoms with Crippen LogP contribution in [0.3, 0.4) is 0 Å². The van der Waals surface area contributed by atoms with Crippen molar-refractivity contribution in [1.29, 1.82) is 0 Å². The highest BCUT2D eigenvalue weighted by atomic mass is 32.2. The molecule has 3 amide bonds. The van der Waals surface area contributed by atoms with Gasteiger partial charge in [0.25, 0.3) is 0 Å². The highest BCUT2D eigenvalue weighted by Gasteiger charge is 2.29. The van der Waals surface area contributed by atoms with Crippen LogP contribution in [-0.2, 0) is 24.0 Å². The number of hydrogen-bond donors (Lipinski definition) is 7. The van der Waals surface area contributed by atoms with Crippen molar-refractivity contribution in [2.75, 3.05) is 18.6 Å². The lowest BCUT2D eigenvalue weighted by molar-refractivity contribution is -0.143. The smallest absolute Gasteiger partial charge is 0.326 e. The lowest BCUT2D eigenvalue weighted by Gasteiger charge is -2.23.